The van der Waals surface area contributed by atoms with Gasteiger partial charge in [-0.25, -0.2) is 13.0 Å². The lowest BCUT2D eigenvalue weighted by atomic mass is 10.3. The van der Waals surface area contributed by atoms with Crippen LogP contribution in [0.25, 0.3) is 0 Å². The number of benzene rings is 1. The van der Waals surface area contributed by atoms with Crippen molar-refractivity contribution >= 4 is 18.4 Å². The quantitative estimate of drug-likeness (QED) is 0.494. The smallest absolute Gasteiger partial charge is 0.318 e. The fraction of sp³-hybridized carbons (Fsp3) is 0.143. The molecule has 17 heavy (non-hydrogen) atoms. The van der Waals surface area contributed by atoms with Crippen molar-refractivity contribution in [1.82, 2.24) is 0 Å². The van der Waals surface area contributed by atoms with Gasteiger partial charge < -0.3 is 4.89 Å². The maximum atomic E-state index is 13.1. The lowest BCUT2D eigenvalue weighted by molar-refractivity contribution is 0.120. The Labute approximate surface area is 95.9 Å². The van der Waals surface area contributed by atoms with Gasteiger partial charge in [-0.05, 0) is 18.2 Å². The Morgan fingerprint density at radius 2 is 2.00 bits per heavy atom. The van der Waals surface area contributed by atoms with Gasteiger partial charge in [-0.3, -0.25) is 9.09 Å². The molecule has 0 aromatic heterocycles. The van der Waals surface area contributed by atoms with Crippen LogP contribution in [0.4, 0.5) is 8.78 Å². The molecule has 1 rings (SSSR count). The van der Waals surface area contributed by atoms with E-state index in [1.807, 2.05) is 0 Å². The number of halogens is 2. The maximum absolute atomic E-state index is 13.1. The summed E-state index contributed by atoms with van der Waals surface area (Å²) in [7, 11) is -7.95. The molecule has 0 fully saturated rings. The van der Waals surface area contributed by atoms with E-state index in [0.717, 1.165) is 6.07 Å². The Kier molecular flexibility index (Phi) is 4.72. The summed E-state index contributed by atoms with van der Waals surface area (Å²) >= 11 is 0. The summed E-state index contributed by atoms with van der Waals surface area (Å²) in [6.07, 6.45) is 0. The van der Waals surface area contributed by atoms with Crippen LogP contribution in [0.15, 0.2) is 23.1 Å². The van der Waals surface area contributed by atoms with Crippen LogP contribution < -0.4 is 0 Å². The van der Waals surface area contributed by atoms with E-state index >= 15 is 0 Å². The monoisotopic (exact) mass is 288 g/mol. The average Bonchev–Trinajstić information content (AvgIpc) is 2.20. The molecule has 0 aliphatic carbocycles. The molecule has 0 aliphatic rings. The second-order valence-electron chi connectivity index (χ2n) is 2.67. The van der Waals surface area contributed by atoms with Gasteiger partial charge in [-0.15, -0.1) is 0 Å². The first-order chi connectivity index (χ1) is 7.83. The predicted octanol–water partition coefficient (Wildman–Crippen LogP) is 1.03. The van der Waals surface area contributed by atoms with Crippen molar-refractivity contribution in [3.8, 4) is 0 Å². The van der Waals surface area contributed by atoms with Gasteiger partial charge in [0.15, 0.2) is 6.79 Å². The standard InChI is InChI=1S/C7H7F2O6PS/c8-5-1-2-6(9)7(3-5)17(12,13)15-4-14-16(10)11/h1-3,16H,4H2,(H,10,11). The van der Waals surface area contributed by atoms with E-state index in [2.05, 4.69) is 8.71 Å². The van der Waals surface area contributed by atoms with Crippen molar-refractivity contribution in [2.75, 3.05) is 6.79 Å². The van der Waals surface area contributed by atoms with Crippen LogP contribution in [0.2, 0.25) is 0 Å². The summed E-state index contributed by atoms with van der Waals surface area (Å²) in [5.41, 5.74) is 0. The molecule has 6 nitrogen and oxygen atoms in total. The molecular weight excluding hydrogens is 281 g/mol. The van der Waals surface area contributed by atoms with Crippen molar-refractivity contribution < 1.29 is 35.4 Å². The zero-order valence-electron chi connectivity index (χ0n) is 8.09. The van der Waals surface area contributed by atoms with E-state index < -0.39 is 41.7 Å². The minimum Gasteiger partial charge on any atom is -0.326 e. The fourth-order valence-corrected chi connectivity index (χ4v) is 1.98. The zero-order valence-corrected chi connectivity index (χ0v) is 9.91. The molecule has 0 spiro atoms. The molecule has 10 heteroatoms. The Morgan fingerprint density at radius 3 is 2.59 bits per heavy atom. The third kappa shape index (κ3) is 4.14. The predicted molar refractivity (Wildman–Crippen MR) is 51.8 cm³/mol. The van der Waals surface area contributed by atoms with Crippen LogP contribution in [0, 0.1) is 11.6 Å². The topological polar surface area (TPSA) is 89.9 Å². The lowest BCUT2D eigenvalue weighted by Gasteiger charge is -2.05. The first-order valence-corrected chi connectivity index (χ1v) is 6.70. The van der Waals surface area contributed by atoms with Gasteiger partial charge in [-0.2, -0.15) is 8.42 Å². The SMILES string of the molecule is O=[PH](O)OCOS(=O)(=O)c1cc(F)ccc1F. The van der Waals surface area contributed by atoms with Crippen LogP contribution in [0.5, 0.6) is 0 Å². The minimum absolute atomic E-state index is 0.423. The molecule has 1 aromatic carbocycles. The highest BCUT2D eigenvalue weighted by Crippen LogP contribution is 2.20. The van der Waals surface area contributed by atoms with Crippen LogP contribution in [0.1, 0.15) is 0 Å². The molecular formula is C7H7F2O6PS. The highest BCUT2D eigenvalue weighted by Gasteiger charge is 2.21. The molecule has 0 amide bonds. The molecule has 1 aromatic rings. The van der Waals surface area contributed by atoms with Gasteiger partial charge in [-0.1, -0.05) is 0 Å². The molecule has 0 aliphatic heterocycles. The second kappa shape index (κ2) is 5.65. The van der Waals surface area contributed by atoms with Gasteiger partial charge in [0.1, 0.15) is 16.5 Å². The van der Waals surface area contributed by atoms with Gasteiger partial charge >= 0.3 is 18.4 Å². The molecule has 0 bridgehead atoms. The van der Waals surface area contributed by atoms with Crippen molar-refractivity contribution in [1.29, 1.82) is 0 Å². The van der Waals surface area contributed by atoms with Gasteiger partial charge in [0.25, 0.3) is 0 Å². The molecule has 1 N–H and O–H groups in total. The average molecular weight is 288 g/mol. The first kappa shape index (κ1) is 14.2. The van der Waals surface area contributed by atoms with E-state index in [4.69, 9.17) is 4.89 Å². The molecule has 96 valence electrons. The highest BCUT2D eigenvalue weighted by molar-refractivity contribution is 7.86. The summed E-state index contributed by atoms with van der Waals surface area (Å²) in [4.78, 5) is 7.22. The van der Waals surface area contributed by atoms with E-state index in [-0.39, 0.29) is 0 Å². The van der Waals surface area contributed by atoms with Crippen LogP contribution in [-0.4, -0.2) is 20.1 Å². The summed E-state index contributed by atoms with van der Waals surface area (Å²) in [6.45, 7) is -1.06. The van der Waals surface area contributed by atoms with Gasteiger partial charge in [0.2, 0.25) is 0 Å². The minimum atomic E-state index is -4.58. The molecule has 0 radical (unpaired) electrons. The number of hydrogen-bond acceptors (Lipinski definition) is 5. The zero-order chi connectivity index (χ0) is 13.1. The summed E-state index contributed by atoms with van der Waals surface area (Å²) < 4.78 is 66.5. The van der Waals surface area contributed by atoms with Crippen molar-refractivity contribution in [2.45, 2.75) is 4.90 Å². The Morgan fingerprint density at radius 1 is 1.35 bits per heavy atom. The van der Waals surface area contributed by atoms with Crippen LogP contribution in [0.3, 0.4) is 0 Å². The molecule has 0 saturated carbocycles. The van der Waals surface area contributed by atoms with Crippen molar-refractivity contribution in [3.63, 3.8) is 0 Å². The first-order valence-electron chi connectivity index (χ1n) is 4.03. The Bertz CT molecular complexity index is 531. The number of rotatable bonds is 5. The maximum Gasteiger partial charge on any atom is 0.318 e. The van der Waals surface area contributed by atoms with E-state index in [0.29, 0.717) is 12.1 Å². The van der Waals surface area contributed by atoms with Crippen molar-refractivity contribution in [2.24, 2.45) is 0 Å². The third-order valence-electron chi connectivity index (χ3n) is 1.55. The molecule has 0 heterocycles. The summed E-state index contributed by atoms with van der Waals surface area (Å²) in [5.74, 6) is -2.17. The molecule has 1 atom stereocenters. The molecule has 0 saturated heterocycles. The molecule has 1 unspecified atom stereocenters. The Hall–Kier alpha value is -0.860. The summed E-state index contributed by atoms with van der Waals surface area (Å²) in [5, 5.41) is 0. The lowest BCUT2D eigenvalue weighted by Crippen LogP contribution is -2.10. The van der Waals surface area contributed by atoms with Crippen LogP contribution >= 0.6 is 8.25 Å². The summed E-state index contributed by atoms with van der Waals surface area (Å²) in [6, 6.07) is 1.77. The second-order valence-corrected chi connectivity index (χ2v) is 5.08. The largest absolute Gasteiger partial charge is 0.326 e. The van der Waals surface area contributed by atoms with Crippen molar-refractivity contribution in [3.05, 3.63) is 29.8 Å². The third-order valence-corrected chi connectivity index (χ3v) is 3.17. The Balaban J connectivity index is 2.89. The van der Waals surface area contributed by atoms with E-state index in [1.54, 1.807) is 0 Å². The van der Waals surface area contributed by atoms with Crippen LogP contribution in [-0.2, 0) is 23.4 Å². The van der Waals surface area contributed by atoms with Gasteiger partial charge in [0, 0.05) is 0 Å². The highest BCUT2D eigenvalue weighted by atomic mass is 32.2. The van der Waals surface area contributed by atoms with Gasteiger partial charge in [0.05, 0.1) is 0 Å². The fourth-order valence-electron chi connectivity index (χ4n) is 0.870. The number of hydrogen-bond donors (Lipinski definition) is 1. The van der Waals surface area contributed by atoms with E-state index in [9.17, 15) is 21.8 Å². The normalized spacial score (nSPS) is 13.6. The van der Waals surface area contributed by atoms with E-state index in [1.165, 1.54) is 0 Å².